The lowest BCUT2D eigenvalue weighted by atomic mass is 10.1. The fourth-order valence-corrected chi connectivity index (χ4v) is 0.462. The number of carboxylic acid groups (broad SMARTS) is 1. The fourth-order valence-electron chi connectivity index (χ4n) is 0.462. The van der Waals surface area contributed by atoms with Gasteiger partial charge in [0, 0.05) is 0 Å². The lowest BCUT2D eigenvalue weighted by Crippen LogP contribution is -2.48. The Balaban J connectivity index is 4.32. The number of carbonyl (C=O) groups is 1. The molecule has 0 spiro atoms. The third-order valence-electron chi connectivity index (χ3n) is 1.24. The number of carboxylic acids is 1. The van der Waals surface area contributed by atoms with Crippen molar-refractivity contribution in [1.29, 1.82) is 0 Å². The van der Waals surface area contributed by atoms with E-state index in [1.54, 1.807) is 0 Å². The Bertz CT molecular complexity index is 129. The third-order valence-corrected chi connectivity index (χ3v) is 1.24. The molecule has 0 bridgehead atoms. The third kappa shape index (κ3) is 2.12. The van der Waals surface area contributed by atoms with Crippen LogP contribution >= 0.6 is 0 Å². The van der Waals surface area contributed by atoms with E-state index < -0.39 is 31.6 Å². The van der Waals surface area contributed by atoms with Crippen LogP contribution in [-0.4, -0.2) is 52.0 Å². The van der Waals surface area contributed by atoms with Gasteiger partial charge in [-0.3, -0.25) is 0 Å². The van der Waals surface area contributed by atoms with E-state index in [9.17, 15) is 4.79 Å². The van der Waals surface area contributed by atoms with Gasteiger partial charge in [0.2, 0.25) is 5.60 Å². The molecule has 0 fully saturated rings. The SMILES string of the molecule is O=C(O)C(CO)(CO)OCO. The summed E-state index contributed by atoms with van der Waals surface area (Å²) in [5.41, 5.74) is -2.09. The summed E-state index contributed by atoms with van der Waals surface area (Å²) in [6, 6.07) is 0. The quantitative estimate of drug-likeness (QED) is 0.344. The smallest absolute Gasteiger partial charge is 0.340 e. The maximum atomic E-state index is 10.3. The van der Waals surface area contributed by atoms with Crippen molar-refractivity contribution in [2.24, 2.45) is 0 Å². The van der Waals surface area contributed by atoms with Gasteiger partial charge in [-0.05, 0) is 0 Å². The van der Waals surface area contributed by atoms with Crippen LogP contribution in [0.15, 0.2) is 0 Å². The summed E-state index contributed by atoms with van der Waals surface area (Å²) in [5, 5.41) is 33.6. The lowest BCUT2D eigenvalue weighted by molar-refractivity contribution is -0.194. The molecule has 11 heavy (non-hydrogen) atoms. The number of aliphatic carboxylic acids is 1. The first kappa shape index (κ1) is 10.3. The summed E-state index contributed by atoms with van der Waals surface area (Å²) < 4.78 is 4.25. The number of hydrogen-bond donors (Lipinski definition) is 4. The molecule has 0 atom stereocenters. The molecule has 0 aromatic heterocycles. The average Bonchev–Trinajstić information content (AvgIpc) is 2.00. The molecule has 0 aromatic rings. The van der Waals surface area contributed by atoms with Crippen molar-refractivity contribution in [3.05, 3.63) is 0 Å². The van der Waals surface area contributed by atoms with Crippen molar-refractivity contribution in [3.63, 3.8) is 0 Å². The van der Waals surface area contributed by atoms with Gasteiger partial charge in [-0.25, -0.2) is 4.79 Å². The van der Waals surface area contributed by atoms with Crippen molar-refractivity contribution in [3.8, 4) is 0 Å². The number of rotatable bonds is 5. The summed E-state index contributed by atoms with van der Waals surface area (Å²) in [6.07, 6.45) is 0. The van der Waals surface area contributed by atoms with Gasteiger partial charge in [-0.2, -0.15) is 0 Å². The molecule has 0 saturated carbocycles. The Morgan fingerprint density at radius 1 is 1.27 bits per heavy atom. The highest BCUT2D eigenvalue weighted by molar-refractivity contribution is 5.77. The topological polar surface area (TPSA) is 107 Å². The van der Waals surface area contributed by atoms with Gasteiger partial charge in [0.25, 0.3) is 0 Å². The summed E-state index contributed by atoms with van der Waals surface area (Å²) in [6.45, 7) is -2.65. The van der Waals surface area contributed by atoms with E-state index in [1.807, 2.05) is 0 Å². The van der Waals surface area contributed by atoms with Gasteiger partial charge in [-0.1, -0.05) is 0 Å². The molecular weight excluding hydrogens is 156 g/mol. The summed E-state index contributed by atoms with van der Waals surface area (Å²) in [4.78, 5) is 10.3. The predicted molar refractivity (Wildman–Crippen MR) is 32.7 cm³/mol. The van der Waals surface area contributed by atoms with E-state index in [0.29, 0.717) is 0 Å². The molecule has 0 unspecified atom stereocenters. The van der Waals surface area contributed by atoms with Gasteiger partial charge >= 0.3 is 5.97 Å². The second-order valence-corrected chi connectivity index (χ2v) is 1.89. The predicted octanol–water partition coefficient (Wildman–Crippen LogP) is -2.24. The minimum absolute atomic E-state index is 0.868. The van der Waals surface area contributed by atoms with Gasteiger partial charge in [0.1, 0.15) is 6.79 Å². The van der Waals surface area contributed by atoms with Crippen molar-refractivity contribution < 1.29 is 30.0 Å². The maximum Gasteiger partial charge on any atom is 0.340 e. The molecule has 0 aliphatic rings. The zero-order valence-electron chi connectivity index (χ0n) is 5.73. The van der Waals surface area contributed by atoms with Crippen LogP contribution < -0.4 is 0 Å². The molecular formula is C5H10O6. The Kier molecular flexibility index (Phi) is 3.98. The Labute approximate surface area is 62.7 Å². The number of ether oxygens (including phenoxy) is 1. The van der Waals surface area contributed by atoms with Crippen LogP contribution in [0.4, 0.5) is 0 Å². The molecule has 0 aromatic carbocycles. The van der Waals surface area contributed by atoms with Crippen molar-refractivity contribution in [2.75, 3.05) is 20.0 Å². The van der Waals surface area contributed by atoms with E-state index in [1.165, 1.54) is 0 Å². The highest BCUT2D eigenvalue weighted by Crippen LogP contribution is 2.08. The first-order valence-corrected chi connectivity index (χ1v) is 2.83. The second kappa shape index (κ2) is 4.24. The molecule has 4 N–H and O–H groups in total. The van der Waals surface area contributed by atoms with Crippen molar-refractivity contribution >= 4 is 5.97 Å². The van der Waals surface area contributed by atoms with Crippen LogP contribution in [0, 0.1) is 0 Å². The maximum absolute atomic E-state index is 10.3. The van der Waals surface area contributed by atoms with E-state index in [4.69, 9.17) is 20.4 Å². The number of aliphatic hydroxyl groups excluding tert-OH is 3. The molecule has 0 radical (unpaired) electrons. The first-order valence-electron chi connectivity index (χ1n) is 2.83. The standard InChI is InChI=1S/C5H10O6/c6-1-5(2-7,4(9)10)11-3-8/h6-8H,1-3H2,(H,9,10). The molecule has 66 valence electrons. The average molecular weight is 166 g/mol. The summed E-state index contributed by atoms with van der Waals surface area (Å²) in [5.74, 6) is -1.52. The van der Waals surface area contributed by atoms with Crippen molar-refractivity contribution in [2.45, 2.75) is 5.60 Å². The van der Waals surface area contributed by atoms with Gasteiger partial charge in [-0.15, -0.1) is 0 Å². The van der Waals surface area contributed by atoms with Crippen LogP contribution in [0.1, 0.15) is 0 Å². The molecule has 0 aliphatic heterocycles. The largest absolute Gasteiger partial charge is 0.479 e. The molecule has 0 heterocycles. The van der Waals surface area contributed by atoms with Gasteiger partial charge in [0.15, 0.2) is 0 Å². The Hall–Kier alpha value is -0.690. The first-order chi connectivity index (χ1) is 5.13. The number of hydrogen-bond acceptors (Lipinski definition) is 5. The minimum Gasteiger partial charge on any atom is -0.479 e. The van der Waals surface area contributed by atoms with Crippen LogP contribution in [0.5, 0.6) is 0 Å². The summed E-state index contributed by atoms with van der Waals surface area (Å²) in [7, 11) is 0. The fraction of sp³-hybridized carbons (Fsp3) is 0.800. The number of aliphatic hydroxyl groups is 3. The van der Waals surface area contributed by atoms with Crippen LogP contribution in [0.3, 0.4) is 0 Å². The zero-order chi connectivity index (χ0) is 8.91. The van der Waals surface area contributed by atoms with Crippen LogP contribution in [0.25, 0.3) is 0 Å². The highest BCUT2D eigenvalue weighted by atomic mass is 16.6. The Morgan fingerprint density at radius 3 is 1.82 bits per heavy atom. The van der Waals surface area contributed by atoms with Crippen LogP contribution in [-0.2, 0) is 9.53 Å². The second-order valence-electron chi connectivity index (χ2n) is 1.89. The lowest BCUT2D eigenvalue weighted by Gasteiger charge is -2.23. The molecule has 0 aliphatic carbocycles. The van der Waals surface area contributed by atoms with Crippen LogP contribution in [0.2, 0.25) is 0 Å². The summed E-state index contributed by atoms with van der Waals surface area (Å²) >= 11 is 0. The molecule has 6 nitrogen and oxygen atoms in total. The normalized spacial score (nSPS) is 11.5. The molecule has 6 heteroatoms. The molecule has 0 rings (SSSR count). The van der Waals surface area contributed by atoms with E-state index in [0.717, 1.165) is 0 Å². The Morgan fingerprint density at radius 2 is 1.73 bits per heavy atom. The van der Waals surface area contributed by atoms with E-state index in [-0.39, 0.29) is 0 Å². The van der Waals surface area contributed by atoms with Gasteiger partial charge < -0.3 is 25.2 Å². The van der Waals surface area contributed by atoms with Gasteiger partial charge in [0.05, 0.1) is 13.2 Å². The molecule has 0 saturated heterocycles. The minimum atomic E-state index is -2.09. The molecule has 0 amide bonds. The zero-order valence-corrected chi connectivity index (χ0v) is 5.73. The van der Waals surface area contributed by atoms with Crippen molar-refractivity contribution in [1.82, 2.24) is 0 Å². The monoisotopic (exact) mass is 166 g/mol. The highest BCUT2D eigenvalue weighted by Gasteiger charge is 2.38. The van der Waals surface area contributed by atoms with E-state index in [2.05, 4.69) is 4.74 Å². The van der Waals surface area contributed by atoms with E-state index >= 15 is 0 Å².